The van der Waals surface area contributed by atoms with E-state index in [1.165, 1.54) is 0 Å². The molecule has 1 aliphatic rings. The number of carbonyl (C=O) groups is 1. The van der Waals surface area contributed by atoms with Crippen LogP contribution in [0.4, 0.5) is 5.69 Å². The molecule has 1 aromatic carbocycles. The van der Waals surface area contributed by atoms with Gasteiger partial charge in [-0.25, -0.2) is 0 Å². The van der Waals surface area contributed by atoms with E-state index in [2.05, 4.69) is 12.2 Å². The van der Waals surface area contributed by atoms with Crippen molar-refractivity contribution in [2.45, 2.75) is 38.1 Å². The van der Waals surface area contributed by atoms with Gasteiger partial charge in [0.1, 0.15) is 0 Å². The smallest absolute Gasteiger partial charge is 0.253 e. The van der Waals surface area contributed by atoms with Crippen molar-refractivity contribution in [2.75, 3.05) is 12.3 Å². The summed E-state index contributed by atoms with van der Waals surface area (Å²) >= 11 is 6.07. The van der Waals surface area contributed by atoms with Crippen LogP contribution in [0.5, 0.6) is 0 Å². The Bertz CT molecular complexity index is 497. The van der Waals surface area contributed by atoms with Gasteiger partial charge in [-0.15, -0.1) is 0 Å². The second-order valence-electron chi connectivity index (χ2n) is 5.78. The molecule has 5 heteroatoms. The van der Waals surface area contributed by atoms with Gasteiger partial charge in [-0.05, 0) is 43.7 Å². The number of aliphatic hydroxyl groups excluding tert-OH is 1. The summed E-state index contributed by atoms with van der Waals surface area (Å²) in [6.07, 6.45) is 3.59. The third-order valence-electron chi connectivity index (χ3n) is 4.19. The summed E-state index contributed by atoms with van der Waals surface area (Å²) in [4.78, 5) is 12.4. The normalized spacial score (nSPS) is 26.2. The van der Waals surface area contributed by atoms with E-state index in [0.717, 1.165) is 25.7 Å². The van der Waals surface area contributed by atoms with Crippen LogP contribution in [0.2, 0.25) is 5.02 Å². The summed E-state index contributed by atoms with van der Waals surface area (Å²) in [6, 6.07) is 5.00. The second kappa shape index (κ2) is 6.02. The van der Waals surface area contributed by atoms with E-state index in [4.69, 9.17) is 17.3 Å². The number of nitrogen functional groups attached to an aromatic ring is 1. The second-order valence-corrected chi connectivity index (χ2v) is 6.16. The van der Waals surface area contributed by atoms with E-state index in [1.54, 1.807) is 18.2 Å². The lowest BCUT2D eigenvalue weighted by molar-refractivity contribution is 0.0717. The summed E-state index contributed by atoms with van der Waals surface area (Å²) in [5.41, 5.74) is 5.93. The first-order valence-corrected chi connectivity index (χ1v) is 7.32. The van der Waals surface area contributed by atoms with Gasteiger partial charge in [-0.3, -0.25) is 4.79 Å². The number of benzene rings is 1. The molecule has 20 heavy (non-hydrogen) atoms. The molecule has 4 N–H and O–H groups in total. The number of nitrogens with one attached hydrogen (secondary N) is 1. The van der Waals surface area contributed by atoms with E-state index in [0.29, 0.717) is 17.2 Å². The monoisotopic (exact) mass is 296 g/mol. The van der Waals surface area contributed by atoms with Crippen molar-refractivity contribution in [3.05, 3.63) is 28.8 Å². The van der Waals surface area contributed by atoms with Gasteiger partial charge in [0.15, 0.2) is 0 Å². The fraction of sp³-hybridized carbons (Fsp3) is 0.533. The molecule has 0 spiro atoms. The highest BCUT2D eigenvalue weighted by Gasteiger charge is 2.35. The highest BCUT2D eigenvalue weighted by Crippen LogP contribution is 2.32. The molecule has 1 aliphatic carbocycles. The lowest BCUT2D eigenvalue weighted by Gasteiger charge is -2.38. The van der Waals surface area contributed by atoms with Crippen molar-refractivity contribution >= 4 is 23.2 Å². The molecule has 110 valence electrons. The maximum absolute atomic E-state index is 12.4. The Morgan fingerprint density at radius 2 is 2.15 bits per heavy atom. The number of halogens is 1. The quantitative estimate of drug-likeness (QED) is 0.751. The van der Waals surface area contributed by atoms with Crippen LogP contribution in [0.15, 0.2) is 18.2 Å². The number of anilines is 1. The Morgan fingerprint density at radius 1 is 1.50 bits per heavy atom. The van der Waals surface area contributed by atoms with Crippen molar-refractivity contribution in [2.24, 2.45) is 5.92 Å². The molecule has 0 radical (unpaired) electrons. The fourth-order valence-corrected chi connectivity index (χ4v) is 2.88. The summed E-state index contributed by atoms with van der Waals surface area (Å²) in [5.74, 6) is 0.369. The number of amides is 1. The minimum Gasteiger partial charge on any atom is -0.398 e. The Morgan fingerprint density at radius 3 is 2.75 bits per heavy atom. The zero-order valence-electron chi connectivity index (χ0n) is 11.7. The van der Waals surface area contributed by atoms with E-state index in [-0.39, 0.29) is 17.5 Å². The molecule has 4 nitrogen and oxygen atoms in total. The number of hydrogen-bond donors (Lipinski definition) is 3. The van der Waals surface area contributed by atoms with Crippen LogP contribution in [0.3, 0.4) is 0 Å². The third-order valence-corrected chi connectivity index (χ3v) is 4.61. The lowest BCUT2D eigenvalue weighted by Crippen LogP contribution is -2.53. The van der Waals surface area contributed by atoms with E-state index in [1.807, 2.05) is 0 Å². The first kappa shape index (κ1) is 15.1. The van der Waals surface area contributed by atoms with E-state index < -0.39 is 5.54 Å². The molecule has 0 aliphatic heterocycles. The average molecular weight is 297 g/mol. The standard InChI is InChI=1S/C15H21ClN2O2/c1-10-5-7-15(9-19,8-6-10)18-14(20)11-3-2-4-12(17)13(11)16/h2-4,10,19H,5-9,17H2,1H3,(H,18,20). The summed E-state index contributed by atoms with van der Waals surface area (Å²) in [7, 11) is 0. The molecular formula is C15H21ClN2O2. The van der Waals surface area contributed by atoms with Crippen molar-refractivity contribution in [1.29, 1.82) is 0 Å². The SMILES string of the molecule is CC1CCC(CO)(NC(=O)c2cccc(N)c2Cl)CC1. The molecule has 1 aromatic rings. The van der Waals surface area contributed by atoms with Crippen LogP contribution in [0.25, 0.3) is 0 Å². The van der Waals surface area contributed by atoms with Crippen LogP contribution < -0.4 is 11.1 Å². The molecule has 0 bridgehead atoms. The first-order valence-electron chi connectivity index (χ1n) is 6.95. The highest BCUT2D eigenvalue weighted by molar-refractivity contribution is 6.36. The number of nitrogens with two attached hydrogens (primary N) is 1. The van der Waals surface area contributed by atoms with Crippen LogP contribution in [-0.4, -0.2) is 23.2 Å². The van der Waals surface area contributed by atoms with Gasteiger partial charge >= 0.3 is 0 Å². The lowest BCUT2D eigenvalue weighted by atomic mass is 9.77. The zero-order chi connectivity index (χ0) is 14.8. The minimum absolute atomic E-state index is 0.0502. The van der Waals surface area contributed by atoms with Gasteiger partial charge in [0.25, 0.3) is 5.91 Å². The Kier molecular flexibility index (Phi) is 4.55. The Labute approximate surface area is 124 Å². The number of hydrogen-bond acceptors (Lipinski definition) is 3. The van der Waals surface area contributed by atoms with E-state index in [9.17, 15) is 9.90 Å². The Balaban J connectivity index is 2.15. The topological polar surface area (TPSA) is 75.3 Å². The summed E-state index contributed by atoms with van der Waals surface area (Å²) < 4.78 is 0. The van der Waals surface area contributed by atoms with Crippen LogP contribution >= 0.6 is 11.6 Å². The van der Waals surface area contributed by atoms with E-state index >= 15 is 0 Å². The predicted octanol–water partition coefficient (Wildman–Crippen LogP) is 2.59. The minimum atomic E-state index is -0.530. The van der Waals surface area contributed by atoms with Gasteiger partial charge in [-0.1, -0.05) is 24.6 Å². The fourth-order valence-electron chi connectivity index (χ4n) is 2.67. The van der Waals surface area contributed by atoms with Crippen LogP contribution in [0.1, 0.15) is 43.0 Å². The Hall–Kier alpha value is -1.26. The van der Waals surface area contributed by atoms with Crippen LogP contribution in [0, 0.1) is 5.92 Å². The zero-order valence-corrected chi connectivity index (χ0v) is 12.4. The number of aliphatic hydroxyl groups is 1. The van der Waals surface area contributed by atoms with Gasteiger partial charge in [0.05, 0.1) is 28.4 Å². The van der Waals surface area contributed by atoms with Gasteiger partial charge in [-0.2, -0.15) is 0 Å². The number of rotatable bonds is 3. The van der Waals surface area contributed by atoms with Gasteiger partial charge in [0.2, 0.25) is 0 Å². The van der Waals surface area contributed by atoms with Crippen molar-refractivity contribution in [1.82, 2.24) is 5.32 Å². The molecule has 1 amide bonds. The molecule has 1 saturated carbocycles. The predicted molar refractivity (Wildman–Crippen MR) is 80.8 cm³/mol. The molecule has 0 saturated heterocycles. The average Bonchev–Trinajstić information content (AvgIpc) is 2.44. The van der Waals surface area contributed by atoms with Crippen molar-refractivity contribution < 1.29 is 9.90 Å². The maximum atomic E-state index is 12.4. The van der Waals surface area contributed by atoms with Crippen LogP contribution in [-0.2, 0) is 0 Å². The van der Waals surface area contributed by atoms with Crippen molar-refractivity contribution in [3.63, 3.8) is 0 Å². The number of carbonyl (C=O) groups excluding carboxylic acids is 1. The molecular weight excluding hydrogens is 276 g/mol. The molecule has 0 unspecified atom stereocenters. The van der Waals surface area contributed by atoms with Gasteiger partial charge in [0, 0.05) is 0 Å². The summed E-state index contributed by atoms with van der Waals surface area (Å²) in [5, 5.41) is 12.9. The summed E-state index contributed by atoms with van der Waals surface area (Å²) in [6.45, 7) is 2.14. The molecule has 0 atom stereocenters. The van der Waals surface area contributed by atoms with Crippen molar-refractivity contribution in [3.8, 4) is 0 Å². The first-order chi connectivity index (χ1) is 9.47. The van der Waals surface area contributed by atoms with Gasteiger partial charge < -0.3 is 16.2 Å². The highest BCUT2D eigenvalue weighted by atomic mass is 35.5. The third kappa shape index (κ3) is 3.07. The molecule has 0 aromatic heterocycles. The largest absolute Gasteiger partial charge is 0.398 e. The molecule has 1 fully saturated rings. The maximum Gasteiger partial charge on any atom is 0.253 e. The molecule has 2 rings (SSSR count). The molecule has 0 heterocycles.